The summed E-state index contributed by atoms with van der Waals surface area (Å²) in [5.74, 6) is -0.980. The summed E-state index contributed by atoms with van der Waals surface area (Å²) in [4.78, 5) is 67.2. The van der Waals surface area contributed by atoms with Gasteiger partial charge >= 0.3 is 12.1 Å². The number of thiophene rings is 1. The predicted octanol–water partition coefficient (Wildman–Crippen LogP) is 7.96. The van der Waals surface area contributed by atoms with E-state index in [1.807, 2.05) is 23.6 Å². The van der Waals surface area contributed by atoms with Crippen molar-refractivity contribution in [2.45, 2.75) is 103 Å². The summed E-state index contributed by atoms with van der Waals surface area (Å²) in [6.07, 6.45) is 6.83. The lowest BCUT2D eigenvalue weighted by atomic mass is 9.91. The van der Waals surface area contributed by atoms with E-state index in [1.54, 1.807) is 39.8 Å². The van der Waals surface area contributed by atoms with Gasteiger partial charge in [-0.2, -0.15) is 0 Å². The van der Waals surface area contributed by atoms with E-state index in [4.69, 9.17) is 47.4 Å². The summed E-state index contributed by atoms with van der Waals surface area (Å²) in [7, 11) is 0. The first-order valence-corrected chi connectivity index (χ1v) is 19.5. The molecule has 0 unspecified atom stereocenters. The maximum Gasteiger partial charge on any atom is 0.408 e. The quantitative estimate of drug-likeness (QED) is 0.196. The number of alkyl carbamates (subject to hydrolysis) is 1. The summed E-state index contributed by atoms with van der Waals surface area (Å²) >= 11 is 14.1. The summed E-state index contributed by atoms with van der Waals surface area (Å²) in [5, 5.41) is 5.36. The topological polar surface area (TPSA) is 137 Å². The van der Waals surface area contributed by atoms with E-state index in [1.165, 1.54) is 16.2 Å². The Hall–Kier alpha value is -3.74. The Morgan fingerprint density at radius 3 is 2.54 bits per heavy atom. The number of rotatable bonds is 6. The van der Waals surface area contributed by atoms with Gasteiger partial charge in [0.15, 0.2) is 5.78 Å². The van der Waals surface area contributed by atoms with Gasteiger partial charge in [0.05, 0.1) is 50.6 Å². The highest BCUT2D eigenvalue weighted by Gasteiger charge is 2.61. The van der Waals surface area contributed by atoms with E-state index in [2.05, 4.69) is 11.4 Å². The normalized spacial score (nSPS) is 26.1. The minimum absolute atomic E-state index is 0.0441. The van der Waals surface area contributed by atoms with Crippen molar-refractivity contribution < 1.29 is 33.4 Å². The molecule has 6 rings (SSSR count). The molecule has 278 valence electrons. The number of Topliss-reactive ketones (excluding diaryl/α,β-unsaturated/α-hetero) is 1. The van der Waals surface area contributed by atoms with Crippen LogP contribution in [0.25, 0.3) is 21.6 Å². The van der Waals surface area contributed by atoms with Gasteiger partial charge in [0.2, 0.25) is 11.8 Å². The largest absolute Gasteiger partial charge is 0.471 e. The van der Waals surface area contributed by atoms with Gasteiger partial charge in [0, 0.05) is 12.8 Å². The number of halogens is 2. The highest BCUT2D eigenvalue weighted by atomic mass is 35.5. The Labute approximate surface area is 317 Å². The number of nitrogens with one attached hydrogen (secondary N) is 1. The summed E-state index contributed by atoms with van der Waals surface area (Å²) in [5.41, 5.74) is -0.272. The number of benzene rings is 1. The highest BCUT2D eigenvalue weighted by Crippen LogP contribution is 2.57. The monoisotopic (exact) mass is 770 g/mol. The second kappa shape index (κ2) is 15.7. The van der Waals surface area contributed by atoms with Crippen molar-refractivity contribution in [1.82, 2.24) is 20.2 Å². The number of hydrogen-bond acceptors (Lipinski definition) is 10. The number of aromatic nitrogens is 2. The van der Waals surface area contributed by atoms with Gasteiger partial charge in [-0.1, -0.05) is 54.3 Å². The van der Waals surface area contributed by atoms with Gasteiger partial charge in [0.1, 0.15) is 23.4 Å². The fourth-order valence-corrected chi connectivity index (χ4v) is 8.06. The molecule has 0 radical (unpaired) electrons. The van der Waals surface area contributed by atoms with Crippen LogP contribution < -0.4 is 10.1 Å². The van der Waals surface area contributed by atoms with Crippen LogP contribution in [0, 0.1) is 11.3 Å². The molecule has 52 heavy (non-hydrogen) atoms. The van der Waals surface area contributed by atoms with Gasteiger partial charge < -0.3 is 24.4 Å². The number of allylic oxidation sites excluding steroid dienone is 2. The molecule has 14 heteroatoms. The van der Waals surface area contributed by atoms with Gasteiger partial charge in [-0.15, -0.1) is 11.3 Å². The average Bonchev–Trinajstić information content (AvgIpc) is 3.38. The summed E-state index contributed by atoms with van der Waals surface area (Å²) in [6.45, 7) is 7.25. The van der Waals surface area contributed by atoms with Gasteiger partial charge in [0.25, 0.3) is 0 Å². The van der Waals surface area contributed by atoms with Crippen LogP contribution in [-0.4, -0.2) is 75.6 Å². The van der Waals surface area contributed by atoms with Crippen LogP contribution in [0.5, 0.6) is 5.88 Å². The third-order valence-corrected chi connectivity index (χ3v) is 11.2. The first-order valence-electron chi connectivity index (χ1n) is 17.8. The maximum atomic E-state index is 14.5. The van der Waals surface area contributed by atoms with Gasteiger partial charge in [-0.05, 0) is 82.9 Å². The summed E-state index contributed by atoms with van der Waals surface area (Å²) < 4.78 is 17.6. The van der Waals surface area contributed by atoms with Gasteiger partial charge in [-0.3, -0.25) is 14.4 Å². The van der Waals surface area contributed by atoms with E-state index in [9.17, 15) is 19.2 Å². The molecule has 2 aliphatic heterocycles. The fourth-order valence-electron chi connectivity index (χ4n) is 7.04. The lowest BCUT2D eigenvalue weighted by Gasteiger charge is -2.30. The number of carbonyl (C=O) groups is 4. The number of hydrogen-bond donors (Lipinski definition) is 1. The minimum Gasteiger partial charge on any atom is -0.471 e. The molecular formula is C38H44Cl2N4O7S. The number of ether oxygens (including phenoxy) is 3. The SMILES string of the molecule is CCOC(=O)[C@]12CC(=O)[C@@H]3C[C@@H](Oc4nc5cc(Cl)c(Cl)cc5nc4-c4cccs4)CN3C(=O)[C@@H](NC(=O)OC(C)(C)C)CCCCC/C=C\[C@@H]1C2. The van der Waals surface area contributed by atoms with Gasteiger partial charge in [-0.25, -0.2) is 14.8 Å². The molecule has 1 saturated heterocycles. The first kappa shape index (κ1) is 38.0. The van der Waals surface area contributed by atoms with Crippen molar-refractivity contribution in [2.75, 3.05) is 13.2 Å². The Kier molecular flexibility index (Phi) is 11.5. The molecule has 4 heterocycles. The third kappa shape index (κ3) is 8.55. The molecule has 1 saturated carbocycles. The van der Waals surface area contributed by atoms with Crippen molar-refractivity contribution in [1.29, 1.82) is 0 Å². The Balaban J connectivity index is 1.35. The van der Waals surface area contributed by atoms with Crippen molar-refractivity contribution in [3.05, 3.63) is 51.8 Å². The van der Waals surface area contributed by atoms with Crippen LogP contribution in [0.4, 0.5) is 4.79 Å². The Morgan fingerprint density at radius 2 is 1.85 bits per heavy atom. The maximum absolute atomic E-state index is 14.5. The molecule has 2 aromatic heterocycles. The van der Waals surface area contributed by atoms with E-state index in [0.717, 1.165) is 24.1 Å². The molecule has 0 spiro atoms. The van der Waals surface area contributed by atoms with Crippen molar-refractivity contribution in [3.63, 3.8) is 0 Å². The van der Waals surface area contributed by atoms with E-state index >= 15 is 0 Å². The van der Waals surface area contributed by atoms with Crippen LogP contribution in [-0.2, 0) is 23.9 Å². The second-order valence-electron chi connectivity index (χ2n) is 14.7. The zero-order valence-electron chi connectivity index (χ0n) is 29.8. The standard InChI is InChI=1S/C38H44Cl2N4O7S/c1-5-49-35(47)38-19-22(38)12-9-7-6-8-10-13-26(43-36(48)51-37(2,3)4)34(46)44-21-23(16-29(44)30(45)20-38)50-33-32(31-14-11-15-52-31)41-27-17-24(39)25(40)18-28(27)42-33/h9,11-12,14-15,17-18,22-23,26,29H,5-8,10,13,16,19-21H2,1-4H3,(H,43,48)/b12-9-/t22-,23-,26+,29+,38-/m1/s1. The molecule has 3 aliphatic rings. The van der Waals surface area contributed by atoms with E-state index in [0.29, 0.717) is 46.0 Å². The number of carbonyl (C=O) groups excluding carboxylic acids is 4. The number of nitrogens with zero attached hydrogens (tertiary/aromatic N) is 3. The predicted molar refractivity (Wildman–Crippen MR) is 200 cm³/mol. The lowest BCUT2D eigenvalue weighted by molar-refractivity contribution is -0.152. The highest BCUT2D eigenvalue weighted by molar-refractivity contribution is 7.13. The van der Waals surface area contributed by atoms with Crippen LogP contribution in [0.1, 0.15) is 79.1 Å². The van der Waals surface area contributed by atoms with Crippen LogP contribution in [0.15, 0.2) is 41.8 Å². The molecule has 1 aromatic carbocycles. The van der Waals surface area contributed by atoms with E-state index < -0.39 is 47.2 Å². The van der Waals surface area contributed by atoms with Crippen molar-refractivity contribution >= 4 is 69.3 Å². The zero-order valence-corrected chi connectivity index (χ0v) is 32.1. The molecule has 3 aromatic rings. The molecule has 2 amide bonds. The molecule has 1 aliphatic carbocycles. The number of ketones is 1. The van der Waals surface area contributed by atoms with E-state index in [-0.39, 0.29) is 43.6 Å². The smallest absolute Gasteiger partial charge is 0.408 e. The molecule has 5 atom stereocenters. The summed E-state index contributed by atoms with van der Waals surface area (Å²) in [6, 6.07) is 5.20. The Morgan fingerprint density at radius 1 is 1.10 bits per heavy atom. The molecule has 1 N–H and O–H groups in total. The van der Waals surface area contributed by atoms with Crippen LogP contribution in [0.3, 0.4) is 0 Å². The average molecular weight is 772 g/mol. The van der Waals surface area contributed by atoms with Crippen LogP contribution >= 0.6 is 34.5 Å². The fraction of sp³-hybridized carbons (Fsp3) is 0.526. The van der Waals surface area contributed by atoms with Crippen molar-refractivity contribution in [3.8, 4) is 16.5 Å². The Bertz CT molecular complexity index is 1860. The second-order valence-corrected chi connectivity index (χ2v) is 16.4. The third-order valence-electron chi connectivity index (χ3n) is 9.65. The number of fused-ring (bicyclic) bond motifs is 3. The lowest BCUT2D eigenvalue weighted by Crippen LogP contribution is -2.52. The molecular weight excluding hydrogens is 727 g/mol. The zero-order chi connectivity index (χ0) is 37.2. The van der Waals surface area contributed by atoms with Crippen molar-refractivity contribution in [2.24, 2.45) is 11.3 Å². The number of amides is 2. The molecule has 2 fully saturated rings. The molecule has 11 nitrogen and oxygen atoms in total. The van der Waals surface area contributed by atoms with Crippen LogP contribution in [0.2, 0.25) is 10.0 Å². The first-order chi connectivity index (χ1) is 24.8. The number of esters is 1. The molecule has 0 bridgehead atoms. The minimum atomic E-state index is -0.984.